The van der Waals surface area contributed by atoms with Crippen molar-refractivity contribution >= 4 is 17.2 Å². The summed E-state index contributed by atoms with van der Waals surface area (Å²) in [6, 6.07) is 15.8. The van der Waals surface area contributed by atoms with E-state index in [2.05, 4.69) is 44.4 Å². The van der Waals surface area contributed by atoms with E-state index in [1.54, 1.807) is 0 Å². The van der Waals surface area contributed by atoms with E-state index in [4.69, 9.17) is 9.84 Å². The highest BCUT2D eigenvalue weighted by atomic mass is 16.5. The number of hydrogen-bond donors (Lipinski definition) is 1. The molecule has 0 heterocycles. The Labute approximate surface area is 284 Å². The van der Waals surface area contributed by atoms with Crippen LogP contribution in [0.2, 0.25) is 0 Å². The van der Waals surface area contributed by atoms with Crippen molar-refractivity contribution in [1.29, 1.82) is 0 Å². The number of carbonyl (C=O) groups excluding carboxylic acids is 1. The van der Waals surface area contributed by atoms with Crippen LogP contribution >= 0.6 is 0 Å². The molecule has 0 radical (unpaired) electrons. The Kier molecular flexibility index (Phi) is 26.1. The minimum atomic E-state index is 0.0761. The molecule has 0 fully saturated rings. The molecule has 0 aliphatic carbocycles. The third kappa shape index (κ3) is 18.7. The lowest BCUT2D eigenvalue weighted by molar-refractivity contribution is 0.0895. The Morgan fingerprint density at radius 1 is 0.500 bits per heavy atom. The summed E-state index contributed by atoms with van der Waals surface area (Å²) in [6.07, 6.45) is 22.4. The second-order valence-corrected chi connectivity index (χ2v) is 12.4. The van der Waals surface area contributed by atoms with Crippen LogP contribution < -0.4 is 9.80 Å². The maximum atomic E-state index is 12.7. The molecule has 262 valence electrons. The molecule has 0 bridgehead atoms. The summed E-state index contributed by atoms with van der Waals surface area (Å²) >= 11 is 0. The highest BCUT2D eigenvalue weighted by Crippen LogP contribution is 2.20. The number of aliphatic hydroxyl groups excluding tert-OH is 1. The number of nitrogens with zero attached hydrogens (tertiary/aromatic N) is 2. The fourth-order valence-corrected chi connectivity index (χ4v) is 5.91. The number of hydrogen-bond acceptors (Lipinski definition) is 5. The van der Waals surface area contributed by atoms with Crippen molar-refractivity contribution in [1.82, 2.24) is 0 Å². The van der Waals surface area contributed by atoms with Crippen molar-refractivity contribution in [2.24, 2.45) is 0 Å². The molecule has 0 aliphatic heterocycles. The van der Waals surface area contributed by atoms with E-state index < -0.39 is 0 Å². The Balaban J connectivity index is 0.000000463. The molecular formula is C41H70N2O3. The monoisotopic (exact) mass is 639 g/mol. The molecule has 0 saturated carbocycles. The molecule has 0 unspecified atom stereocenters. The van der Waals surface area contributed by atoms with Gasteiger partial charge in [-0.2, -0.15) is 0 Å². The van der Waals surface area contributed by atoms with Crippen LogP contribution in [-0.4, -0.2) is 56.9 Å². The van der Waals surface area contributed by atoms with Gasteiger partial charge in [-0.15, -0.1) is 0 Å². The summed E-state index contributed by atoms with van der Waals surface area (Å²) in [5, 5.41) is 8.58. The minimum Gasteiger partial charge on any atom is -0.394 e. The number of carbonyl (C=O) groups is 1. The van der Waals surface area contributed by atoms with Gasteiger partial charge in [-0.3, -0.25) is 4.79 Å². The quantitative estimate of drug-likeness (QED) is 0.0779. The van der Waals surface area contributed by atoms with Gasteiger partial charge in [0.05, 0.1) is 13.2 Å². The van der Waals surface area contributed by atoms with Crippen LogP contribution in [-0.2, 0) is 4.74 Å². The third-order valence-corrected chi connectivity index (χ3v) is 8.89. The third-order valence-electron chi connectivity index (χ3n) is 8.89. The lowest BCUT2D eigenvalue weighted by atomic mass is 10.0. The zero-order valence-corrected chi connectivity index (χ0v) is 30.5. The number of aliphatic hydroxyl groups is 1. The molecule has 5 nitrogen and oxygen atoms in total. The molecule has 2 aromatic carbocycles. The predicted octanol–water partition coefficient (Wildman–Crippen LogP) is 10.9. The van der Waals surface area contributed by atoms with Crippen LogP contribution in [0.5, 0.6) is 0 Å². The topological polar surface area (TPSA) is 53.0 Å². The van der Waals surface area contributed by atoms with E-state index >= 15 is 0 Å². The van der Waals surface area contributed by atoms with Crippen LogP contribution in [0.4, 0.5) is 11.4 Å². The molecule has 2 rings (SSSR count). The van der Waals surface area contributed by atoms with Gasteiger partial charge in [0.2, 0.25) is 0 Å². The highest BCUT2D eigenvalue weighted by Gasteiger charge is 2.11. The van der Waals surface area contributed by atoms with Gasteiger partial charge < -0.3 is 19.6 Å². The molecule has 0 aromatic heterocycles. The van der Waals surface area contributed by atoms with Gasteiger partial charge in [0, 0.05) is 55.3 Å². The summed E-state index contributed by atoms with van der Waals surface area (Å²) < 4.78 is 5.25. The smallest absolute Gasteiger partial charge is 0.193 e. The van der Waals surface area contributed by atoms with Gasteiger partial charge in [0.15, 0.2) is 5.78 Å². The first-order chi connectivity index (χ1) is 22.6. The van der Waals surface area contributed by atoms with Crippen LogP contribution in [0.1, 0.15) is 153 Å². The Hall–Kier alpha value is -2.37. The highest BCUT2D eigenvalue weighted by molar-refractivity contribution is 6.09. The van der Waals surface area contributed by atoms with Crippen molar-refractivity contribution in [2.75, 3.05) is 55.8 Å². The van der Waals surface area contributed by atoms with Gasteiger partial charge in [-0.1, -0.05) is 103 Å². The SMILES string of the molecule is CCCCCCCCCCCCCCCCCCOCCO.CCN(CC)c1ccc(C(=O)c2ccc(N(CC)CC)cc2)cc1. The van der Waals surface area contributed by atoms with Crippen molar-refractivity contribution < 1.29 is 14.6 Å². The summed E-state index contributed by atoms with van der Waals surface area (Å²) in [6.45, 7) is 16.2. The van der Waals surface area contributed by atoms with Crippen molar-refractivity contribution in [3.05, 3.63) is 59.7 Å². The second-order valence-electron chi connectivity index (χ2n) is 12.4. The van der Waals surface area contributed by atoms with Crippen LogP contribution in [0.15, 0.2) is 48.5 Å². The van der Waals surface area contributed by atoms with Crippen LogP contribution in [0, 0.1) is 0 Å². The molecule has 5 heteroatoms. The maximum absolute atomic E-state index is 12.7. The molecular weight excluding hydrogens is 568 g/mol. The zero-order chi connectivity index (χ0) is 33.7. The minimum absolute atomic E-state index is 0.0761. The average molecular weight is 639 g/mol. The van der Waals surface area contributed by atoms with Gasteiger partial charge in [-0.25, -0.2) is 0 Å². The van der Waals surface area contributed by atoms with Crippen molar-refractivity contribution in [3.8, 4) is 0 Å². The van der Waals surface area contributed by atoms with Gasteiger partial charge >= 0.3 is 0 Å². The van der Waals surface area contributed by atoms with Gasteiger partial charge in [0.1, 0.15) is 0 Å². The molecule has 1 N–H and O–H groups in total. The summed E-state index contributed by atoms with van der Waals surface area (Å²) in [5.74, 6) is 0.0761. The summed E-state index contributed by atoms with van der Waals surface area (Å²) in [5.41, 5.74) is 3.80. The number of rotatable bonds is 27. The van der Waals surface area contributed by atoms with E-state index in [0.29, 0.717) is 6.61 Å². The fraction of sp³-hybridized carbons (Fsp3) is 0.683. The fourth-order valence-electron chi connectivity index (χ4n) is 5.91. The van der Waals surface area contributed by atoms with E-state index in [0.717, 1.165) is 61.7 Å². The standard InChI is InChI=1S/C21H28N2O.C20H42O2/c1-5-22(6-2)19-13-9-17(10-14-19)21(24)18-11-15-20(16-12-18)23(7-3)8-4;1-2-3-4-5-6-7-8-9-10-11-12-13-14-15-16-17-19-22-20-18-21/h9-16H,5-8H2,1-4H3;21H,2-20H2,1H3. The number of ketones is 1. The molecule has 46 heavy (non-hydrogen) atoms. The molecule has 2 aromatic rings. The summed E-state index contributed by atoms with van der Waals surface area (Å²) in [4.78, 5) is 17.2. The predicted molar refractivity (Wildman–Crippen MR) is 201 cm³/mol. The number of anilines is 2. The molecule has 0 amide bonds. The molecule has 0 spiro atoms. The van der Waals surface area contributed by atoms with Gasteiger partial charge in [-0.05, 0) is 82.6 Å². The van der Waals surface area contributed by atoms with Crippen molar-refractivity contribution in [3.63, 3.8) is 0 Å². The molecule has 0 aliphatic rings. The maximum Gasteiger partial charge on any atom is 0.193 e. The molecule has 0 saturated heterocycles. The normalized spacial score (nSPS) is 10.8. The zero-order valence-electron chi connectivity index (χ0n) is 30.5. The molecule has 0 atom stereocenters. The average Bonchev–Trinajstić information content (AvgIpc) is 3.09. The summed E-state index contributed by atoms with van der Waals surface area (Å²) in [7, 11) is 0. The lowest BCUT2D eigenvalue weighted by Gasteiger charge is -2.21. The Morgan fingerprint density at radius 3 is 1.13 bits per heavy atom. The van der Waals surface area contributed by atoms with E-state index in [-0.39, 0.29) is 12.4 Å². The Bertz CT molecular complexity index is 875. The van der Waals surface area contributed by atoms with Crippen LogP contribution in [0.25, 0.3) is 0 Å². The van der Waals surface area contributed by atoms with Crippen molar-refractivity contribution in [2.45, 2.75) is 137 Å². The number of unbranched alkanes of at least 4 members (excludes halogenated alkanes) is 15. The first kappa shape index (κ1) is 41.7. The van der Waals surface area contributed by atoms with Gasteiger partial charge in [0.25, 0.3) is 0 Å². The largest absolute Gasteiger partial charge is 0.394 e. The van der Waals surface area contributed by atoms with E-state index in [1.165, 1.54) is 96.3 Å². The van der Waals surface area contributed by atoms with E-state index in [1.807, 2.05) is 48.5 Å². The second kappa shape index (κ2) is 28.8. The first-order valence-electron chi connectivity index (χ1n) is 19.0. The number of ether oxygens (including phenoxy) is 1. The number of benzene rings is 2. The lowest BCUT2D eigenvalue weighted by Crippen LogP contribution is -2.22. The first-order valence-corrected chi connectivity index (χ1v) is 19.0. The van der Waals surface area contributed by atoms with E-state index in [9.17, 15) is 4.79 Å². The van der Waals surface area contributed by atoms with Crippen LogP contribution in [0.3, 0.4) is 0 Å². The Morgan fingerprint density at radius 2 is 0.826 bits per heavy atom.